The summed E-state index contributed by atoms with van der Waals surface area (Å²) in [6, 6.07) is 0. The van der Waals surface area contributed by atoms with Crippen molar-refractivity contribution in [1.29, 1.82) is 0 Å². The second kappa shape index (κ2) is 7.58. The summed E-state index contributed by atoms with van der Waals surface area (Å²) in [7, 11) is 1.61. The Morgan fingerprint density at radius 1 is 1.32 bits per heavy atom. The maximum atomic E-state index is 12.3. The van der Waals surface area contributed by atoms with Gasteiger partial charge in [-0.1, -0.05) is 6.92 Å². The first kappa shape index (κ1) is 16.7. The number of rotatable bonds is 6. The lowest BCUT2D eigenvalue weighted by atomic mass is 9.95. The van der Waals surface area contributed by atoms with Crippen LogP contribution in [0.4, 0.5) is 0 Å². The average molecular weight is 310 g/mol. The summed E-state index contributed by atoms with van der Waals surface area (Å²) in [5.74, 6) is 1.31. The lowest BCUT2D eigenvalue weighted by Gasteiger charge is -2.31. The predicted molar refractivity (Wildman–Crippen MR) is 82.9 cm³/mol. The highest BCUT2D eigenvalue weighted by molar-refractivity contribution is 5.75. The van der Waals surface area contributed by atoms with Gasteiger partial charge in [-0.3, -0.25) is 9.36 Å². The van der Waals surface area contributed by atoms with Crippen LogP contribution in [0.25, 0.3) is 0 Å². The molecule has 0 bridgehead atoms. The summed E-state index contributed by atoms with van der Waals surface area (Å²) in [5, 5.41) is 4.52. The number of aromatic nitrogens is 3. The minimum atomic E-state index is -0.0679. The first-order valence-electron chi connectivity index (χ1n) is 8.06. The van der Waals surface area contributed by atoms with E-state index in [-0.39, 0.29) is 17.5 Å². The van der Waals surface area contributed by atoms with Gasteiger partial charge in [0.2, 0.25) is 5.91 Å². The van der Waals surface area contributed by atoms with Gasteiger partial charge in [-0.2, -0.15) is 5.10 Å². The van der Waals surface area contributed by atoms with Crippen molar-refractivity contribution in [3.63, 3.8) is 0 Å². The van der Waals surface area contributed by atoms with Gasteiger partial charge in [-0.15, -0.1) is 0 Å². The summed E-state index contributed by atoms with van der Waals surface area (Å²) in [4.78, 5) is 26.0. The van der Waals surface area contributed by atoms with Crippen LogP contribution < -0.4 is 5.69 Å². The largest absolute Gasteiger partial charge is 0.383 e. The number of likely N-dealkylation sites (tertiary alicyclic amines) is 1. The third kappa shape index (κ3) is 3.40. The summed E-state index contributed by atoms with van der Waals surface area (Å²) < 4.78 is 8.27. The van der Waals surface area contributed by atoms with Crippen molar-refractivity contribution in [2.75, 3.05) is 26.8 Å². The molecule has 7 heteroatoms. The molecule has 1 aliphatic rings. The first-order chi connectivity index (χ1) is 10.6. The van der Waals surface area contributed by atoms with Gasteiger partial charge in [0, 0.05) is 39.1 Å². The summed E-state index contributed by atoms with van der Waals surface area (Å²) >= 11 is 0. The van der Waals surface area contributed by atoms with E-state index in [1.165, 1.54) is 4.68 Å². The number of nitrogens with zero attached hydrogens (tertiary/aromatic N) is 4. The fourth-order valence-corrected chi connectivity index (χ4v) is 2.99. The number of piperidine rings is 1. The Hall–Kier alpha value is -1.63. The van der Waals surface area contributed by atoms with Crippen molar-refractivity contribution in [2.24, 2.45) is 0 Å². The molecule has 1 fully saturated rings. The minimum absolute atomic E-state index is 0.0679. The molecule has 0 unspecified atom stereocenters. The summed E-state index contributed by atoms with van der Waals surface area (Å²) in [5.41, 5.74) is -0.0679. The van der Waals surface area contributed by atoms with Crippen molar-refractivity contribution in [2.45, 2.75) is 52.1 Å². The fraction of sp³-hybridized carbons (Fsp3) is 0.800. The van der Waals surface area contributed by atoms with Crippen LogP contribution in [0.2, 0.25) is 0 Å². The smallest absolute Gasteiger partial charge is 0.345 e. The lowest BCUT2D eigenvalue weighted by Crippen LogP contribution is -2.38. The number of carbonyl (C=O) groups is 1. The molecule has 0 radical (unpaired) electrons. The van der Waals surface area contributed by atoms with Gasteiger partial charge in [0.05, 0.1) is 13.2 Å². The Morgan fingerprint density at radius 3 is 2.55 bits per heavy atom. The molecule has 1 aromatic rings. The Balaban J connectivity index is 2.12. The lowest BCUT2D eigenvalue weighted by molar-refractivity contribution is -0.131. The van der Waals surface area contributed by atoms with E-state index in [9.17, 15) is 9.59 Å². The molecule has 0 aliphatic carbocycles. The first-order valence-corrected chi connectivity index (χ1v) is 8.06. The third-order valence-corrected chi connectivity index (χ3v) is 4.29. The monoisotopic (exact) mass is 310 g/mol. The highest BCUT2D eigenvalue weighted by Crippen LogP contribution is 2.26. The van der Waals surface area contributed by atoms with Crippen LogP contribution in [0.5, 0.6) is 0 Å². The second-order valence-corrected chi connectivity index (χ2v) is 5.61. The highest BCUT2D eigenvalue weighted by Gasteiger charge is 2.27. The number of amides is 1. The predicted octanol–water partition coefficient (Wildman–Crippen LogP) is 0.827. The van der Waals surface area contributed by atoms with Crippen LogP contribution in [0.15, 0.2) is 4.79 Å². The van der Waals surface area contributed by atoms with E-state index >= 15 is 0 Å². The molecule has 1 aromatic heterocycles. The number of ether oxygens (including phenoxy) is 1. The highest BCUT2D eigenvalue weighted by atomic mass is 16.5. The zero-order chi connectivity index (χ0) is 16.1. The zero-order valence-electron chi connectivity index (χ0n) is 13.7. The quantitative estimate of drug-likeness (QED) is 0.780. The summed E-state index contributed by atoms with van der Waals surface area (Å²) in [6.45, 7) is 6.92. The molecule has 124 valence electrons. The van der Waals surface area contributed by atoms with Crippen molar-refractivity contribution >= 4 is 5.91 Å². The van der Waals surface area contributed by atoms with Crippen molar-refractivity contribution in [1.82, 2.24) is 19.2 Å². The SMILES string of the molecule is CCC(=O)N1CCC(c2nn(CCOC)c(=O)n2CC)CC1. The Bertz CT molecular complexity index is 556. The maximum Gasteiger partial charge on any atom is 0.345 e. The molecular formula is C15H26N4O3. The fourth-order valence-electron chi connectivity index (χ4n) is 2.99. The molecule has 2 rings (SSSR count). The number of carbonyl (C=O) groups excluding carboxylic acids is 1. The molecule has 22 heavy (non-hydrogen) atoms. The van der Waals surface area contributed by atoms with Crippen LogP contribution in [-0.4, -0.2) is 52.0 Å². The zero-order valence-corrected chi connectivity index (χ0v) is 13.7. The Labute approximate surface area is 130 Å². The number of methoxy groups -OCH3 is 1. The molecule has 0 N–H and O–H groups in total. The molecule has 0 aromatic carbocycles. The minimum Gasteiger partial charge on any atom is -0.383 e. The van der Waals surface area contributed by atoms with Crippen LogP contribution in [0.3, 0.4) is 0 Å². The van der Waals surface area contributed by atoms with E-state index in [2.05, 4.69) is 5.10 Å². The van der Waals surface area contributed by atoms with Gasteiger partial charge in [0.15, 0.2) is 0 Å². The number of hydrogen-bond donors (Lipinski definition) is 0. The normalized spacial score (nSPS) is 16.2. The van der Waals surface area contributed by atoms with Gasteiger partial charge in [-0.25, -0.2) is 9.48 Å². The van der Waals surface area contributed by atoms with E-state index in [4.69, 9.17) is 4.74 Å². The van der Waals surface area contributed by atoms with Crippen LogP contribution in [0, 0.1) is 0 Å². The van der Waals surface area contributed by atoms with Crippen LogP contribution in [0.1, 0.15) is 44.9 Å². The van der Waals surface area contributed by atoms with Crippen molar-refractivity contribution in [3.05, 3.63) is 16.3 Å². The van der Waals surface area contributed by atoms with E-state index in [0.717, 1.165) is 31.8 Å². The molecule has 1 amide bonds. The van der Waals surface area contributed by atoms with Crippen molar-refractivity contribution < 1.29 is 9.53 Å². The molecule has 1 aliphatic heterocycles. The van der Waals surface area contributed by atoms with Gasteiger partial charge in [0.1, 0.15) is 5.82 Å². The van der Waals surface area contributed by atoms with Gasteiger partial charge in [-0.05, 0) is 19.8 Å². The van der Waals surface area contributed by atoms with E-state index in [1.807, 2.05) is 18.7 Å². The van der Waals surface area contributed by atoms with Gasteiger partial charge >= 0.3 is 5.69 Å². The van der Waals surface area contributed by atoms with Crippen LogP contribution in [-0.2, 0) is 22.6 Å². The molecule has 1 saturated heterocycles. The summed E-state index contributed by atoms with van der Waals surface area (Å²) in [6.07, 6.45) is 2.29. The van der Waals surface area contributed by atoms with Crippen molar-refractivity contribution in [3.8, 4) is 0 Å². The van der Waals surface area contributed by atoms with E-state index < -0.39 is 0 Å². The topological polar surface area (TPSA) is 69.4 Å². The van der Waals surface area contributed by atoms with E-state index in [1.54, 1.807) is 11.7 Å². The van der Waals surface area contributed by atoms with Crippen LogP contribution >= 0.6 is 0 Å². The van der Waals surface area contributed by atoms with E-state index in [0.29, 0.717) is 26.1 Å². The molecule has 0 saturated carbocycles. The Morgan fingerprint density at radius 2 is 2.00 bits per heavy atom. The molecule has 0 atom stereocenters. The second-order valence-electron chi connectivity index (χ2n) is 5.61. The standard InChI is InChI=1S/C15H26N4O3/c1-4-13(20)17-8-6-12(7-9-17)14-16-19(10-11-22-3)15(21)18(14)5-2/h12H,4-11H2,1-3H3. The molecule has 0 spiro atoms. The maximum absolute atomic E-state index is 12.3. The number of hydrogen-bond acceptors (Lipinski definition) is 4. The molecule has 7 nitrogen and oxygen atoms in total. The average Bonchev–Trinajstić information content (AvgIpc) is 2.88. The van der Waals surface area contributed by atoms with Gasteiger partial charge in [0.25, 0.3) is 0 Å². The Kier molecular flexibility index (Phi) is 5.76. The van der Waals surface area contributed by atoms with Gasteiger partial charge < -0.3 is 9.64 Å². The molecule has 2 heterocycles. The molecular weight excluding hydrogens is 284 g/mol. The third-order valence-electron chi connectivity index (χ3n) is 4.29.